The lowest BCUT2D eigenvalue weighted by atomic mass is 9.76. The van der Waals surface area contributed by atoms with Crippen LogP contribution in [0.25, 0.3) is 0 Å². The molecule has 26 heavy (non-hydrogen) atoms. The summed E-state index contributed by atoms with van der Waals surface area (Å²) in [5.41, 5.74) is 0.784. The Hall–Kier alpha value is -2.49. The van der Waals surface area contributed by atoms with E-state index in [9.17, 15) is 10.4 Å². The highest BCUT2D eigenvalue weighted by atomic mass is 32.1. The van der Waals surface area contributed by atoms with Crippen molar-refractivity contribution in [2.24, 2.45) is 5.92 Å². The Morgan fingerprint density at radius 3 is 2.04 bits per heavy atom. The first-order valence-electron chi connectivity index (χ1n) is 8.33. The number of aliphatic hydroxyl groups is 1. The molecular weight excluding hydrogens is 346 g/mol. The Balaban J connectivity index is 1.82. The van der Waals surface area contributed by atoms with E-state index in [-0.39, 0.29) is 6.42 Å². The molecule has 0 saturated carbocycles. The molecule has 0 bridgehead atoms. The molecule has 1 saturated heterocycles. The van der Waals surface area contributed by atoms with Crippen molar-refractivity contribution >= 4 is 11.3 Å². The molecule has 130 valence electrons. The minimum absolute atomic E-state index is 0.270. The molecule has 1 fully saturated rings. The van der Waals surface area contributed by atoms with Gasteiger partial charge < -0.3 is 5.11 Å². The summed E-state index contributed by atoms with van der Waals surface area (Å²) in [6.45, 7) is 0. The zero-order valence-electron chi connectivity index (χ0n) is 13.9. The Morgan fingerprint density at radius 2 is 1.54 bits per heavy atom. The third-order valence-electron chi connectivity index (χ3n) is 4.79. The molecule has 1 aliphatic heterocycles. The van der Waals surface area contributed by atoms with Crippen molar-refractivity contribution in [2.45, 2.75) is 17.8 Å². The molecule has 1 N–H and O–H groups in total. The molecule has 0 spiro atoms. The fourth-order valence-electron chi connectivity index (χ4n) is 3.39. The summed E-state index contributed by atoms with van der Waals surface area (Å²) in [6.07, 6.45) is 0.270. The first-order chi connectivity index (χ1) is 12.7. The molecule has 2 atom stereocenters. The Kier molecular flexibility index (Phi) is 4.35. The van der Waals surface area contributed by atoms with E-state index in [0.29, 0.717) is 4.88 Å². The molecule has 4 rings (SSSR count). The molecule has 1 aliphatic rings. The fourth-order valence-corrected chi connectivity index (χ4v) is 4.20. The number of nitrogens with zero attached hydrogens (tertiary/aromatic N) is 1. The van der Waals surface area contributed by atoms with Gasteiger partial charge in [-0.15, -0.1) is 11.3 Å². The van der Waals surface area contributed by atoms with Crippen LogP contribution < -0.4 is 0 Å². The number of nitriles is 1. The average molecular weight is 363 g/mol. The van der Waals surface area contributed by atoms with Gasteiger partial charge in [0.1, 0.15) is 5.92 Å². The van der Waals surface area contributed by atoms with Crippen LogP contribution in [0.5, 0.6) is 0 Å². The van der Waals surface area contributed by atoms with E-state index in [4.69, 9.17) is 9.78 Å². The van der Waals surface area contributed by atoms with E-state index in [0.717, 1.165) is 11.1 Å². The van der Waals surface area contributed by atoms with Crippen molar-refractivity contribution in [3.63, 3.8) is 0 Å². The molecule has 3 aromatic rings. The first-order valence-corrected chi connectivity index (χ1v) is 9.21. The SMILES string of the molecule is N#CC1CC(c2ccccc2)(c2ccccc2)OOC1(O)c1cccs1. The van der Waals surface area contributed by atoms with E-state index < -0.39 is 17.3 Å². The quantitative estimate of drug-likeness (QED) is 0.704. The number of thiophene rings is 1. The highest BCUT2D eigenvalue weighted by molar-refractivity contribution is 7.10. The van der Waals surface area contributed by atoms with Gasteiger partial charge in [0, 0.05) is 6.42 Å². The van der Waals surface area contributed by atoms with Crippen molar-refractivity contribution in [3.05, 3.63) is 94.2 Å². The van der Waals surface area contributed by atoms with E-state index in [1.807, 2.05) is 72.1 Å². The molecule has 2 aromatic carbocycles. The second kappa shape index (κ2) is 6.67. The summed E-state index contributed by atoms with van der Waals surface area (Å²) < 4.78 is 0. The molecule has 2 unspecified atom stereocenters. The third-order valence-corrected chi connectivity index (χ3v) is 5.76. The number of benzene rings is 2. The summed E-state index contributed by atoms with van der Waals surface area (Å²) in [6, 6.07) is 25.1. The summed E-state index contributed by atoms with van der Waals surface area (Å²) >= 11 is 1.33. The highest BCUT2D eigenvalue weighted by Crippen LogP contribution is 2.50. The lowest BCUT2D eigenvalue weighted by Gasteiger charge is -2.45. The maximum absolute atomic E-state index is 11.1. The van der Waals surface area contributed by atoms with Crippen LogP contribution in [-0.2, 0) is 21.2 Å². The third kappa shape index (κ3) is 2.64. The molecule has 0 amide bonds. The van der Waals surface area contributed by atoms with Gasteiger partial charge in [-0.1, -0.05) is 66.7 Å². The van der Waals surface area contributed by atoms with E-state index >= 15 is 0 Å². The molecule has 1 aromatic heterocycles. The molecule has 0 radical (unpaired) electrons. The van der Waals surface area contributed by atoms with E-state index in [1.54, 1.807) is 6.07 Å². The zero-order valence-corrected chi connectivity index (χ0v) is 14.7. The molecule has 4 nitrogen and oxygen atoms in total. The fraction of sp³-hybridized carbons (Fsp3) is 0.190. The summed E-state index contributed by atoms with van der Waals surface area (Å²) in [4.78, 5) is 12.1. The van der Waals surface area contributed by atoms with E-state index in [1.165, 1.54) is 11.3 Å². The minimum atomic E-state index is -1.78. The van der Waals surface area contributed by atoms with Crippen LogP contribution in [-0.4, -0.2) is 5.11 Å². The maximum atomic E-state index is 11.1. The van der Waals surface area contributed by atoms with Crippen molar-refractivity contribution in [2.75, 3.05) is 0 Å². The lowest BCUT2D eigenvalue weighted by molar-refractivity contribution is -0.499. The highest BCUT2D eigenvalue weighted by Gasteiger charge is 2.55. The Labute approximate surface area is 155 Å². The Morgan fingerprint density at radius 1 is 0.923 bits per heavy atom. The van der Waals surface area contributed by atoms with Gasteiger partial charge in [0.25, 0.3) is 5.79 Å². The predicted molar refractivity (Wildman–Crippen MR) is 97.8 cm³/mol. The van der Waals surface area contributed by atoms with Crippen LogP contribution in [0.2, 0.25) is 0 Å². The lowest BCUT2D eigenvalue weighted by Crippen LogP contribution is -2.49. The molecule has 0 aliphatic carbocycles. The van der Waals surface area contributed by atoms with Crippen molar-refractivity contribution in [3.8, 4) is 6.07 Å². The molecule has 5 heteroatoms. The van der Waals surface area contributed by atoms with Crippen LogP contribution in [0, 0.1) is 17.2 Å². The molecular formula is C21H17NO3S. The van der Waals surface area contributed by atoms with Gasteiger partial charge in [-0.25, -0.2) is 4.89 Å². The summed E-state index contributed by atoms with van der Waals surface area (Å²) in [5.74, 6) is -2.58. The number of hydrogen-bond donors (Lipinski definition) is 1. The van der Waals surface area contributed by atoms with Crippen LogP contribution in [0.15, 0.2) is 78.2 Å². The van der Waals surface area contributed by atoms with Gasteiger partial charge in [0.2, 0.25) is 0 Å². The average Bonchev–Trinajstić information content (AvgIpc) is 3.25. The predicted octanol–water partition coefficient (Wildman–Crippen LogP) is 4.33. The number of hydrogen-bond acceptors (Lipinski definition) is 5. The van der Waals surface area contributed by atoms with Crippen molar-refractivity contribution in [1.82, 2.24) is 0 Å². The summed E-state index contributed by atoms with van der Waals surface area (Å²) in [7, 11) is 0. The normalized spacial score (nSPS) is 24.7. The van der Waals surface area contributed by atoms with Crippen molar-refractivity contribution < 1.29 is 14.9 Å². The van der Waals surface area contributed by atoms with Gasteiger partial charge in [-0.05, 0) is 22.6 Å². The largest absolute Gasteiger partial charge is 0.358 e. The van der Waals surface area contributed by atoms with Gasteiger partial charge in [0.05, 0.1) is 10.9 Å². The second-order valence-electron chi connectivity index (χ2n) is 6.29. The van der Waals surface area contributed by atoms with Crippen LogP contribution >= 0.6 is 11.3 Å². The van der Waals surface area contributed by atoms with Gasteiger partial charge in [0.15, 0.2) is 5.60 Å². The smallest absolute Gasteiger partial charge is 0.250 e. The zero-order chi connectivity index (χ0) is 18.0. The van der Waals surface area contributed by atoms with E-state index in [2.05, 4.69) is 6.07 Å². The van der Waals surface area contributed by atoms with Gasteiger partial charge in [-0.2, -0.15) is 10.1 Å². The second-order valence-corrected chi connectivity index (χ2v) is 7.23. The van der Waals surface area contributed by atoms with Gasteiger partial charge >= 0.3 is 0 Å². The molecule has 2 heterocycles. The maximum Gasteiger partial charge on any atom is 0.250 e. The van der Waals surface area contributed by atoms with Crippen molar-refractivity contribution in [1.29, 1.82) is 5.26 Å². The van der Waals surface area contributed by atoms with Crippen LogP contribution in [0.4, 0.5) is 0 Å². The van der Waals surface area contributed by atoms with Gasteiger partial charge in [-0.3, -0.25) is 0 Å². The monoisotopic (exact) mass is 363 g/mol. The standard InChI is InChI=1S/C21H17NO3S/c22-15-18-14-20(16-8-3-1-4-9-16,17-10-5-2-6-11-17)24-25-21(18,23)19-12-7-13-26-19/h1-13,18,23H,14H2. The first kappa shape index (κ1) is 17.0. The minimum Gasteiger partial charge on any atom is -0.358 e. The van der Waals surface area contributed by atoms with Crippen LogP contribution in [0.1, 0.15) is 22.4 Å². The summed E-state index contributed by atoms with van der Waals surface area (Å²) in [5, 5.41) is 22.7. The number of rotatable bonds is 3. The topological polar surface area (TPSA) is 62.5 Å². The van der Waals surface area contributed by atoms with Crippen LogP contribution in [0.3, 0.4) is 0 Å². The Bertz CT molecular complexity index is 866.